The smallest absolute Gasteiger partial charge is 0.328 e. The van der Waals surface area contributed by atoms with Crippen molar-refractivity contribution in [2.45, 2.75) is 38.6 Å². The van der Waals surface area contributed by atoms with Crippen LogP contribution < -0.4 is 5.32 Å². The second-order valence-electron chi connectivity index (χ2n) is 9.76. The van der Waals surface area contributed by atoms with Gasteiger partial charge in [0.05, 0.1) is 23.3 Å². The number of fused-ring (bicyclic) bond motifs is 1. The Morgan fingerprint density at radius 1 is 1.13 bits per heavy atom. The molecule has 9 nitrogen and oxygen atoms in total. The van der Waals surface area contributed by atoms with Crippen LogP contribution in [0.15, 0.2) is 66.0 Å². The molecule has 0 saturated heterocycles. The summed E-state index contributed by atoms with van der Waals surface area (Å²) in [6, 6.07) is 6.67. The molecule has 3 aromatic heterocycles. The van der Waals surface area contributed by atoms with Crippen LogP contribution in [0.4, 0.5) is 14.6 Å². The Bertz CT molecular complexity index is 1660. The van der Waals surface area contributed by atoms with Gasteiger partial charge in [0, 0.05) is 23.2 Å². The van der Waals surface area contributed by atoms with Crippen LogP contribution >= 0.6 is 0 Å². The van der Waals surface area contributed by atoms with Crippen molar-refractivity contribution in [2.24, 2.45) is 5.41 Å². The average molecular weight is 542 g/mol. The van der Waals surface area contributed by atoms with Crippen molar-refractivity contribution >= 4 is 32.8 Å². The minimum atomic E-state index is -4.13. The molecule has 4 aromatic rings. The van der Waals surface area contributed by atoms with E-state index < -0.39 is 39.1 Å². The quantitative estimate of drug-likeness (QED) is 0.320. The molecule has 0 fully saturated rings. The molecule has 0 aliphatic rings. The number of hydrogen-bond donors (Lipinski definition) is 2. The molecular weight excluding hydrogens is 516 g/mol. The Morgan fingerprint density at radius 2 is 1.82 bits per heavy atom. The van der Waals surface area contributed by atoms with Gasteiger partial charge in [-0.2, -0.15) is 0 Å². The summed E-state index contributed by atoms with van der Waals surface area (Å²) >= 11 is 0. The second-order valence-corrected chi connectivity index (χ2v) is 11.6. The molecule has 0 saturated carbocycles. The number of anilines is 1. The number of aliphatic carboxylic acids is 1. The van der Waals surface area contributed by atoms with E-state index in [2.05, 4.69) is 20.3 Å². The van der Waals surface area contributed by atoms with Crippen molar-refractivity contribution in [3.63, 3.8) is 0 Å². The molecule has 12 heteroatoms. The summed E-state index contributed by atoms with van der Waals surface area (Å²) in [6.07, 6.45) is 5.34. The number of benzene rings is 1. The van der Waals surface area contributed by atoms with E-state index in [1.54, 1.807) is 12.1 Å². The minimum absolute atomic E-state index is 0.00158. The van der Waals surface area contributed by atoms with E-state index >= 15 is 0 Å². The predicted octanol–water partition coefficient (Wildman–Crippen LogP) is 4.78. The molecule has 38 heavy (non-hydrogen) atoms. The Kier molecular flexibility index (Phi) is 7.02. The average Bonchev–Trinajstić information content (AvgIpc) is 3.21. The lowest BCUT2D eigenvalue weighted by Crippen LogP contribution is -2.33. The van der Waals surface area contributed by atoms with Crippen molar-refractivity contribution in [1.29, 1.82) is 0 Å². The Labute approximate surface area is 217 Å². The SMILES string of the molecule is Cc1ccc(S(=O)(=O)n2cc(-c3ncc(F)c(NC(C=CC(=O)O)C(C)(C)C)n3)c3cc(F)cnc32)cc1. The highest BCUT2D eigenvalue weighted by Gasteiger charge is 2.27. The fraction of sp³-hybridized carbons (Fsp3) is 0.231. The van der Waals surface area contributed by atoms with E-state index in [4.69, 9.17) is 5.11 Å². The molecule has 1 aromatic carbocycles. The highest BCUT2D eigenvalue weighted by atomic mass is 32.2. The summed E-state index contributed by atoms with van der Waals surface area (Å²) < 4.78 is 56.8. The number of rotatable bonds is 7. The molecule has 0 spiro atoms. The summed E-state index contributed by atoms with van der Waals surface area (Å²) in [5.74, 6) is -3.01. The van der Waals surface area contributed by atoms with Crippen LogP contribution in [0.25, 0.3) is 22.4 Å². The fourth-order valence-electron chi connectivity index (χ4n) is 3.72. The Morgan fingerprint density at radius 3 is 2.45 bits per heavy atom. The van der Waals surface area contributed by atoms with Gasteiger partial charge in [-0.15, -0.1) is 0 Å². The van der Waals surface area contributed by atoms with Gasteiger partial charge in [0.15, 0.2) is 23.1 Å². The maximum atomic E-state index is 14.8. The van der Waals surface area contributed by atoms with Gasteiger partial charge in [0.25, 0.3) is 10.0 Å². The number of pyridine rings is 1. The van der Waals surface area contributed by atoms with Gasteiger partial charge in [-0.3, -0.25) is 0 Å². The number of carbonyl (C=O) groups is 1. The number of hydrogen-bond acceptors (Lipinski definition) is 7. The molecule has 0 aliphatic heterocycles. The van der Waals surface area contributed by atoms with Crippen LogP contribution in [0.2, 0.25) is 0 Å². The highest BCUT2D eigenvalue weighted by Crippen LogP contribution is 2.32. The third kappa shape index (κ3) is 5.40. The first kappa shape index (κ1) is 26.9. The summed E-state index contributed by atoms with van der Waals surface area (Å²) in [7, 11) is -4.13. The first-order chi connectivity index (χ1) is 17.8. The summed E-state index contributed by atoms with van der Waals surface area (Å²) in [4.78, 5) is 23.3. The molecule has 0 radical (unpaired) electrons. The van der Waals surface area contributed by atoms with Gasteiger partial charge in [-0.25, -0.2) is 40.9 Å². The van der Waals surface area contributed by atoms with E-state index in [-0.39, 0.29) is 33.1 Å². The van der Waals surface area contributed by atoms with Crippen LogP contribution in [-0.2, 0) is 14.8 Å². The standard InChI is InChI=1S/C26H25F2N5O4S/c1-15-5-7-17(8-6-15)38(36,37)33-14-19(18-11-16(27)12-30-25(18)33)23-29-13-20(28)24(32-23)31-21(26(2,3)4)9-10-22(34)35/h5-14,21H,1-4H3,(H,34,35)(H,29,31,32). The zero-order valence-corrected chi connectivity index (χ0v) is 21.8. The number of halogens is 2. The monoisotopic (exact) mass is 541 g/mol. The van der Waals surface area contributed by atoms with Crippen molar-refractivity contribution < 1.29 is 27.1 Å². The fourth-order valence-corrected chi connectivity index (χ4v) is 5.04. The van der Waals surface area contributed by atoms with E-state index in [0.29, 0.717) is 0 Å². The van der Waals surface area contributed by atoms with Crippen molar-refractivity contribution in [3.05, 3.63) is 78.3 Å². The minimum Gasteiger partial charge on any atom is -0.478 e. The second kappa shape index (κ2) is 9.93. The number of nitrogens with zero attached hydrogens (tertiary/aromatic N) is 4. The normalized spacial score (nSPS) is 13.2. The van der Waals surface area contributed by atoms with Gasteiger partial charge < -0.3 is 10.4 Å². The third-order valence-electron chi connectivity index (χ3n) is 5.80. The third-order valence-corrected chi connectivity index (χ3v) is 7.46. The Balaban J connectivity index is 1.86. The van der Waals surface area contributed by atoms with Crippen LogP contribution in [0, 0.1) is 24.0 Å². The van der Waals surface area contributed by atoms with Crippen LogP contribution in [0.1, 0.15) is 26.3 Å². The van der Waals surface area contributed by atoms with Crippen LogP contribution in [0.5, 0.6) is 0 Å². The number of aromatic nitrogens is 4. The van der Waals surface area contributed by atoms with Gasteiger partial charge in [-0.1, -0.05) is 44.5 Å². The number of nitrogens with one attached hydrogen (secondary N) is 1. The molecule has 1 unspecified atom stereocenters. The molecule has 0 aliphatic carbocycles. The van der Waals surface area contributed by atoms with Gasteiger partial charge in [0.2, 0.25) is 0 Å². The first-order valence-electron chi connectivity index (χ1n) is 11.5. The van der Waals surface area contributed by atoms with Crippen molar-refractivity contribution in [2.75, 3.05) is 5.32 Å². The molecule has 3 heterocycles. The zero-order valence-electron chi connectivity index (χ0n) is 21.0. The summed E-state index contributed by atoms with van der Waals surface area (Å²) in [6.45, 7) is 7.31. The largest absolute Gasteiger partial charge is 0.478 e. The topological polar surface area (TPSA) is 127 Å². The van der Waals surface area contributed by atoms with E-state index in [0.717, 1.165) is 34.1 Å². The maximum absolute atomic E-state index is 14.8. The molecular formula is C26H25F2N5O4S. The summed E-state index contributed by atoms with van der Waals surface area (Å²) in [5, 5.41) is 12.0. The highest BCUT2D eigenvalue weighted by molar-refractivity contribution is 7.90. The van der Waals surface area contributed by atoms with Gasteiger partial charge >= 0.3 is 5.97 Å². The molecule has 0 bridgehead atoms. The molecule has 1 atom stereocenters. The molecule has 198 valence electrons. The molecule has 4 rings (SSSR count). The molecule has 2 N–H and O–H groups in total. The van der Waals surface area contributed by atoms with E-state index in [1.807, 2.05) is 27.7 Å². The van der Waals surface area contributed by atoms with Gasteiger partial charge in [0.1, 0.15) is 5.82 Å². The van der Waals surface area contributed by atoms with Crippen LogP contribution in [-0.4, -0.2) is 44.5 Å². The van der Waals surface area contributed by atoms with E-state index in [9.17, 15) is 22.0 Å². The van der Waals surface area contributed by atoms with Crippen molar-refractivity contribution in [3.8, 4) is 11.4 Å². The number of aryl methyl sites for hydroxylation is 1. The lowest BCUT2D eigenvalue weighted by atomic mass is 9.86. The zero-order chi connectivity index (χ0) is 27.8. The number of carboxylic acid groups (broad SMARTS) is 1. The lowest BCUT2D eigenvalue weighted by molar-refractivity contribution is -0.131. The summed E-state index contributed by atoms with van der Waals surface area (Å²) in [5.41, 5.74) is 0.392. The molecule has 0 amide bonds. The maximum Gasteiger partial charge on any atom is 0.328 e. The Hall–Kier alpha value is -4.19. The van der Waals surface area contributed by atoms with Crippen LogP contribution in [0.3, 0.4) is 0 Å². The number of carboxylic acids is 1. The predicted molar refractivity (Wildman–Crippen MR) is 138 cm³/mol. The van der Waals surface area contributed by atoms with Crippen molar-refractivity contribution in [1.82, 2.24) is 18.9 Å². The lowest BCUT2D eigenvalue weighted by Gasteiger charge is -2.29. The first-order valence-corrected chi connectivity index (χ1v) is 12.9. The van der Waals surface area contributed by atoms with E-state index in [1.165, 1.54) is 24.4 Å². The van der Waals surface area contributed by atoms with Gasteiger partial charge in [-0.05, 0) is 30.5 Å².